The highest BCUT2D eigenvalue weighted by Gasteiger charge is 2.55. The molecule has 2 atom stereocenters. The van der Waals surface area contributed by atoms with Crippen molar-refractivity contribution in [2.45, 2.75) is 31.9 Å². The number of methoxy groups -OCH3 is 1. The number of aryl methyl sites for hydroxylation is 1. The largest absolute Gasteiger partial charge is 0.495 e. The van der Waals surface area contributed by atoms with E-state index in [0.29, 0.717) is 0 Å². The van der Waals surface area contributed by atoms with Gasteiger partial charge in [-0.25, -0.2) is 9.37 Å². The first kappa shape index (κ1) is 25.0. The Morgan fingerprint density at radius 2 is 2.00 bits per heavy atom. The predicted octanol–water partition coefficient (Wildman–Crippen LogP) is 4.77. The van der Waals surface area contributed by atoms with Crippen LogP contribution < -0.4 is 4.74 Å². The van der Waals surface area contributed by atoms with Gasteiger partial charge in [-0.1, -0.05) is 23.4 Å². The SMILES string of the molecule is COc1cc(C=C2CC3(CSC3)CN3C2=NOCC3(c2ccc(F)cc2)C(C)O)ccc1-n1cnc(C)c1. The molecule has 1 spiro atoms. The molecule has 3 aliphatic heterocycles. The average molecular weight is 535 g/mol. The van der Waals surface area contributed by atoms with E-state index in [4.69, 9.17) is 9.57 Å². The summed E-state index contributed by atoms with van der Waals surface area (Å²) in [5.41, 5.74) is 3.89. The Morgan fingerprint density at radius 3 is 2.63 bits per heavy atom. The number of aliphatic hydroxyl groups excluding tert-OH is 1. The number of rotatable bonds is 5. The molecule has 0 amide bonds. The summed E-state index contributed by atoms with van der Waals surface area (Å²) in [5.74, 6) is 3.23. The summed E-state index contributed by atoms with van der Waals surface area (Å²) in [4.78, 5) is 12.4. The molecule has 9 heteroatoms. The maximum Gasteiger partial charge on any atom is 0.172 e. The second kappa shape index (κ2) is 9.47. The molecule has 2 fully saturated rings. The zero-order valence-corrected chi connectivity index (χ0v) is 22.5. The Labute approximate surface area is 226 Å². The summed E-state index contributed by atoms with van der Waals surface area (Å²) < 4.78 is 21.5. The number of ether oxygens (including phenoxy) is 1. The Morgan fingerprint density at radius 1 is 1.21 bits per heavy atom. The van der Waals surface area contributed by atoms with Crippen LogP contribution in [0.4, 0.5) is 4.39 Å². The van der Waals surface area contributed by atoms with E-state index in [9.17, 15) is 9.50 Å². The lowest BCUT2D eigenvalue weighted by atomic mass is 9.74. The molecule has 4 heterocycles. The normalized spacial score (nSPS) is 23.9. The highest BCUT2D eigenvalue weighted by atomic mass is 32.2. The highest BCUT2D eigenvalue weighted by Crippen LogP contribution is 2.51. The molecular weight excluding hydrogens is 503 g/mol. The summed E-state index contributed by atoms with van der Waals surface area (Å²) in [6.45, 7) is 4.67. The van der Waals surface area contributed by atoms with E-state index in [2.05, 4.69) is 27.2 Å². The van der Waals surface area contributed by atoms with Gasteiger partial charge in [0.05, 0.1) is 30.9 Å². The zero-order valence-electron chi connectivity index (χ0n) is 21.7. The van der Waals surface area contributed by atoms with E-state index >= 15 is 0 Å². The van der Waals surface area contributed by atoms with E-state index in [1.54, 1.807) is 32.5 Å². The average Bonchev–Trinajstić information content (AvgIpc) is 3.33. The molecule has 198 valence electrons. The van der Waals surface area contributed by atoms with E-state index < -0.39 is 11.6 Å². The van der Waals surface area contributed by atoms with Crippen molar-refractivity contribution >= 4 is 23.7 Å². The minimum atomic E-state index is -0.877. The topological polar surface area (TPSA) is 72.1 Å². The first-order valence-corrected chi connectivity index (χ1v) is 13.9. The van der Waals surface area contributed by atoms with Crippen LogP contribution in [0.15, 0.2) is 65.7 Å². The quantitative estimate of drug-likeness (QED) is 0.509. The van der Waals surface area contributed by atoms with Crippen molar-refractivity contribution in [3.05, 3.63) is 83.2 Å². The third-order valence-corrected chi connectivity index (χ3v) is 9.54. The number of halogens is 1. The number of fused-ring (bicyclic) bond motifs is 1. The number of amidine groups is 1. The van der Waals surface area contributed by atoms with Gasteiger partial charge in [0, 0.05) is 29.7 Å². The molecule has 0 bridgehead atoms. The molecule has 3 aliphatic rings. The Bertz CT molecular complexity index is 1410. The molecule has 2 unspecified atom stereocenters. The first-order valence-electron chi connectivity index (χ1n) is 12.7. The van der Waals surface area contributed by atoms with Crippen molar-refractivity contribution in [2.24, 2.45) is 10.6 Å². The van der Waals surface area contributed by atoms with Gasteiger partial charge in [0.1, 0.15) is 23.7 Å². The van der Waals surface area contributed by atoms with Crippen molar-refractivity contribution in [1.29, 1.82) is 0 Å². The van der Waals surface area contributed by atoms with Crippen molar-refractivity contribution in [3.63, 3.8) is 0 Å². The van der Waals surface area contributed by atoms with Crippen LogP contribution in [-0.2, 0) is 10.4 Å². The van der Waals surface area contributed by atoms with Gasteiger partial charge in [0.2, 0.25) is 0 Å². The standard InChI is InChI=1S/C29H31FN4O3S/c1-19-13-33(18-31-19)25-9-4-21(11-26(25)36-3)10-22-12-28(16-38-17-28)14-34-27(22)32-37-15-29(34,20(2)35)23-5-7-24(30)8-6-23/h4-11,13,18,20,35H,12,14-17H2,1-3H3. The Hall–Kier alpha value is -3.30. The first-order chi connectivity index (χ1) is 18.3. The van der Waals surface area contributed by atoms with Crippen LogP contribution in [0.2, 0.25) is 0 Å². The Balaban J connectivity index is 1.43. The fourth-order valence-corrected chi connectivity index (χ4v) is 7.01. The third-order valence-electron chi connectivity index (χ3n) is 7.91. The summed E-state index contributed by atoms with van der Waals surface area (Å²) in [6.07, 6.45) is 5.98. The molecule has 38 heavy (non-hydrogen) atoms. The number of piperidine rings is 1. The fourth-order valence-electron chi connectivity index (χ4n) is 5.85. The number of hydrogen-bond acceptors (Lipinski definition) is 7. The number of thioether (sulfide) groups is 1. The van der Waals surface area contributed by atoms with Crippen LogP contribution in [-0.4, -0.2) is 63.3 Å². The highest BCUT2D eigenvalue weighted by molar-refractivity contribution is 8.00. The molecule has 6 rings (SSSR count). The lowest BCUT2D eigenvalue weighted by Gasteiger charge is -2.57. The van der Waals surface area contributed by atoms with Gasteiger partial charge in [-0.3, -0.25) is 0 Å². The summed E-state index contributed by atoms with van der Waals surface area (Å²) in [6, 6.07) is 12.5. The predicted molar refractivity (Wildman–Crippen MR) is 147 cm³/mol. The zero-order chi connectivity index (χ0) is 26.5. The van der Waals surface area contributed by atoms with Crippen molar-refractivity contribution in [3.8, 4) is 11.4 Å². The third kappa shape index (κ3) is 4.08. The summed E-state index contributed by atoms with van der Waals surface area (Å²) >= 11 is 1.94. The molecule has 1 aromatic heterocycles. The van der Waals surface area contributed by atoms with Crippen LogP contribution >= 0.6 is 11.8 Å². The minimum absolute atomic E-state index is 0.0748. The number of oxime groups is 1. The van der Waals surface area contributed by atoms with E-state index in [-0.39, 0.29) is 17.8 Å². The van der Waals surface area contributed by atoms with Crippen molar-refractivity contribution < 1.29 is 19.1 Å². The summed E-state index contributed by atoms with van der Waals surface area (Å²) in [7, 11) is 1.67. The summed E-state index contributed by atoms with van der Waals surface area (Å²) in [5, 5.41) is 15.7. The number of nitrogens with zero attached hydrogens (tertiary/aromatic N) is 4. The van der Waals surface area contributed by atoms with Crippen LogP contribution in [0.5, 0.6) is 5.75 Å². The molecule has 2 saturated heterocycles. The minimum Gasteiger partial charge on any atom is -0.495 e. The van der Waals surface area contributed by atoms with E-state index in [1.807, 2.05) is 41.6 Å². The maximum absolute atomic E-state index is 13.8. The van der Waals surface area contributed by atoms with Gasteiger partial charge >= 0.3 is 0 Å². The smallest absolute Gasteiger partial charge is 0.172 e. The van der Waals surface area contributed by atoms with Gasteiger partial charge in [0.15, 0.2) is 5.84 Å². The fraction of sp³-hybridized carbons (Fsp3) is 0.379. The molecule has 0 saturated carbocycles. The number of benzene rings is 2. The van der Waals surface area contributed by atoms with Gasteiger partial charge in [-0.15, -0.1) is 0 Å². The van der Waals surface area contributed by atoms with Gasteiger partial charge in [-0.2, -0.15) is 11.8 Å². The second-order valence-corrected chi connectivity index (χ2v) is 11.6. The number of imidazole rings is 1. The number of aliphatic hydroxyl groups is 1. The van der Waals surface area contributed by atoms with Gasteiger partial charge < -0.3 is 24.1 Å². The molecule has 1 N–H and O–H groups in total. The van der Waals surface area contributed by atoms with Gasteiger partial charge in [-0.05, 0) is 67.3 Å². The van der Waals surface area contributed by atoms with E-state index in [1.165, 1.54) is 12.1 Å². The molecule has 2 aromatic carbocycles. The second-order valence-electron chi connectivity index (χ2n) is 10.6. The van der Waals surface area contributed by atoms with Gasteiger partial charge in [0.25, 0.3) is 0 Å². The van der Waals surface area contributed by atoms with E-state index in [0.717, 1.165) is 64.1 Å². The van der Waals surface area contributed by atoms with Crippen LogP contribution in [0.25, 0.3) is 11.8 Å². The number of aromatic nitrogens is 2. The van der Waals surface area contributed by atoms with Crippen LogP contribution in [0.1, 0.15) is 30.2 Å². The molecule has 0 aliphatic carbocycles. The van der Waals surface area contributed by atoms with Crippen LogP contribution in [0.3, 0.4) is 0 Å². The molecular formula is C29H31FN4O3S. The maximum atomic E-state index is 13.8. The van der Waals surface area contributed by atoms with Crippen molar-refractivity contribution in [1.82, 2.24) is 14.5 Å². The van der Waals surface area contributed by atoms with Crippen LogP contribution in [0, 0.1) is 18.2 Å². The Kier molecular flexibility index (Phi) is 6.23. The molecule has 3 aromatic rings. The lowest BCUT2D eigenvalue weighted by Crippen LogP contribution is -2.66. The monoisotopic (exact) mass is 534 g/mol. The molecule has 0 radical (unpaired) electrons. The molecule has 7 nitrogen and oxygen atoms in total. The van der Waals surface area contributed by atoms with Crippen molar-refractivity contribution in [2.75, 3.05) is 31.8 Å². The number of hydrogen-bond donors (Lipinski definition) is 1. The lowest BCUT2D eigenvalue weighted by molar-refractivity contribution is -0.0845.